The lowest BCUT2D eigenvalue weighted by Gasteiger charge is -2.38. The summed E-state index contributed by atoms with van der Waals surface area (Å²) in [6.45, 7) is 5.68. The van der Waals surface area contributed by atoms with Crippen LogP contribution in [0.5, 0.6) is 0 Å². The maximum absolute atomic E-state index is 10.7. The Kier molecular flexibility index (Phi) is 2.14. The second-order valence-corrected chi connectivity index (χ2v) is 3.87. The van der Waals surface area contributed by atoms with Gasteiger partial charge in [-0.1, -0.05) is 0 Å². The van der Waals surface area contributed by atoms with E-state index in [1.54, 1.807) is 0 Å². The van der Waals surface area contributed by atoms with Crippen molar-refractivity contribution in [2.24, 2.45) is 0 Å². The van der Waals surface area contributed by atoms with Crippen LogP contribution in [0.15, 0.2) is 0 Å². The van der Waals surface area contributed by atoms with E-state index in [1.165, 1.54) is 6.92 Å². The maximum atomic E-state index is 10.7. The van der Waals surface area contributed by atoms with Crippen molar-refractivity contribution in [2.45, 2.75) is 32.0 Å². The molecule has 1 N–H and O–H groups in total. The van der Waals surface area contributed by atoms with Crippen LogP contribution in [0.4, 0.5) is 0 Å². The van der Waals surface area contributed by atoms with Crippen molar-refractivity contribution in [3.8, 4) is 0 Å². The van der Waals surface area contributed by atoms with Crippen LogP contribution in [-0.2, 0) is 14.3 Å². The summed E-state index contributed by atoms with van der Waals surface area (Å²) in [5.41, 5.74) is -1.54. The molecule has 1 atom stereocenters. The first-order chi connectivity index (χ1) is 5.36. The zero-order valence-corrected chi connectivity index (χ0v) is 7.59. The highest BCUT2D eigenvalue weighted by Gasteiger charge is 2.42. The second kappa shape index (κ2) is 2.71. The van der Waals surface area contributed by atoms with E-state index in [-0.39, 0.29) is 12.2 Å². The van der Waals surface area contributed by atoms with Crippen molar-refractivity contribution in [3.63, 3.8) is 0 Å². The molecule has 1 rings (SSSR count). The van der Waals surface area contributed by atoms with Crippen molar-refractivity contribution in [2.75, 3.05) is 13.2 Å². The number of carboxylic acids is 1. The molecule has 1 saturated heterocycles. The van der Waals surface area contributed by atoms with Crippen molar-refractivity contribution in [1.29, 1.82) is 0 Å². The van der Waals surface area contributed by atoms with Crippen LogP contribution < -0.4 is 0 Å². The van der Waals surface area contributed by atoms with Crippen LogP contribution in [0.2, 0.25) is 0 Å². The van der Waals surface area contributed by atoms with Gasteiger partial charge in [-0.2, -0.15) is 0 Å². The molecule has 70 valence electrons. The van der Waals surface area contributed by atoms with Gasteiger partial charge in [0.15, 0.2) is 5.60 Å². The highest BCUT2D eigenvalue weighted by molar-refractivity contribution is 5.77. The van der Waals surface area contributed by atoms with Gasteiger partial charge in [-0.3, -0.25) is 0 Å². The topological polar surface area (TPSA) is 55.8 Å². The first-order valence-electron chi connectivity index (χ1n) is 3.87. The van der Waals surface area contributed by atoms with Gasteiger partial charge in [0.25, 0.3) is 0 Å². The Morgan fingerprint density at radius 1 is 1.25 bits per heavy atom. The van der Waals surface area contributed by atoms with Gasteiger partial charge in [-0.15, -0.1) is 0 Å². The molecule has 1 heterocycles. The van der Waals surface area contributed by atoms with Crippen LogP contribution >= 0.6 is 0 Å². The summed E-state index contributed by atoms with van der Waals surface area (Å²) in [4.78, 5) is 10.7. The minimum atomic E-state index is -1.17. The number of carbonyl (C=O) groups is 1. The Morgan fingerprint density at radius 3 is 2.17 bits per heavy atom. The maximum Gasteiger partial charge on any atom is 0.338 e. The van der Waals surface area contributed by atoms with Crippen LogP contribution in [0, 0.1) is 0 Å². The van der Waals surface area contributed by atoms with Gasteiger partial charge in [-0.25, -0.2) is 4.79 Å². The molecule has 0 radical (unpaired) electrons. The molecule has 0 aliphatic carbocycles. The van der Waals surface area contributed by atoms with Gasteiger partial charge in [-0.05, 0) is 20.8 Å². The third-order valence-electron chi connectivity index (χ3n) is 1.93. The number of rotatable bonds is 1. The Bertz CT molecular complexity index is 187. The van der Waals surface area contributed by atoms with Crippen LogP contribution in [0.25, 0.3) is 0 Å². The second-order valence-electron chi connectivity index (χ2n) is 3.87. The van der Waals surface area contributed by atoms with E-state index in [9.17, 15) is 4.79 Å². The molecule has 1 aliphatic heterocycles. The standard InChI is InChI=1S/C8H14O4/c1-7(2)4-12-8(3,5-11-7)6(9)10/h4-5H2,1-3H3,(H,9,10). The molecule has 4 heteroatoms. The lowest BCUT2D eigenvalue weighted by Crippen LogP contribution is -2.53. The summed E-state index contributed by atoms with van der Waals surface area (Å²) < 4.78 is 10.6. The minimum absolute atomic E-state index is 0.106. The van der Waals surface area contributed by atoms with E-state index in [1.807, 2.05) is 13.8 Å². The smallest absolute Gasteiger partial charge is 0.338 e. The van der Waals surface area contributed by atoms with E-state index in [4.69, 9.17) is 14.6 Å². The summed E-state index contributed by atoms with van der Waals surface area (Å²) in [6.07, 6.45) is 0. The summed E-state index contributed by atoms with van der Waals surface area (Å²) in [5, 5.41) is 8.76. The first kappa shape index (κ1) is 9.48. The van der Waals surface area contributed by atoms with E-state index in [0.717, 1.165) is 0 Å². The van der Waals surface area contributed by atoms with Gasteiger partial charge in [0.2, 0.25) is 0 Å². The molecular weight excluding hydrogens is 160 g/mol. The molecule has 0 aromatic rings. The molecule has 0 saturated carbocycles. The normalized spacial score (nSPS) is 34.6. The van der Waals surface area contributed by atoms with Gasteiger partial charge in [0.1, 0.15) is 0 Å². The van der Waals surface area contributed by atoms with E-state index >= 15 is 0 Å². The predicted octanol–water partition coefficient (Wildman–Crippen LogP) is 0.655. The monoisotopic (exact) mass is 174 g/mol. The van der Waals surface area contributed by atoms with Gasteiger partial charge in [0, 0.05) is 0 Å². The van der Waals surface area contributed by atoms with Crippen LogP contribution in [0.1, 0.15) is 20.8 Å². The fourth-order valence-corrected chi connectivity index (χ4v) is 0.873. The molecule has 0 aromatic carbocycles. The zero-order chi connectivity index (χ0) is 9.41. The Balaban J connectivity index is 2.62. The molecule has 1 aliphatic rings. The van der Waals surface area contributed by atoms with Crippen molar-refractivity contribution in [3.05, 3.63) is 0 Å². The van der Waals surface area contributed by atoms with Gasteiger partial charge < -0.3 is 14.6 Å². The minimum Gasteiger partial charge on any atom is -0.479 e. The quantitative estimate of drug-likeness (QED) is 0.634. The lowest BCUT2D eigenvalue weighted by molar-refractivity contribution is -0.225. The Morgan fingerprint density at radius 2 is 1.83 bits per heavy atom. The molecule has 0 spiro atoms. The molecule has 0 bridgehead atoms. The zero-order valence-electron chi connectivity index (χ0n) is 7.59. The number of aliphatic carboxylic acids is 1. The van der Waals surface area contributed by atoms with E-state index in [2.05, 4.69) is 0 Å². The summed E-state index contributed by atoms with van der Waals surface area (Å²) in [7, 11) is 0. The summed E-state index contributed by atoms with van der Waals surface area (Å²) in [5.74, 6) is -0.974. The number of ether oxygens (including phenoxy) is 2. The van der Waals surface area contributed by atoms with Crippen molar-refractivity contribution in [1.82, 2.24) is 0 Å². The molecule has 12 heavy (non-hydrogen) atoms. The SMILES string of the molecule is CC1(C)COC(C)(C(=O)O)CO1. The highest BCUT2D eigenvalue weighted by Crippen LogP contribution is 2.24. The first-order valence-corrected chi connectivity index (χ1v) is 3.87. The van der Waals surface area contributed by atoms with Gasteiger partial charge in [0.05, 0.1) is 18.8 Å². The molecule has 1 fully saturated rings. The van der Waals surface area contributed by atoms with Crippen LogP contribution in [0.3, 0.4) is 0 Å². The molecule has 4 nitrogen and oxygen atoms in total. The fraction of sp³-hybridized carbons (Fsp3) is 0.875. The number of carboxylic acid groups (broad SMARTS) is 1. The third-order valence-corrected chi connectivity index (χ3v) is 1.93. The average molecular weight is 174 g/mol. The Labute approximate surface area is 71.5 Å². The van der Waals surface area contributed by atoms with Crippen molar-refractivity contribution >= 4 is 5.97 Å². The highest BCUT2D eigenvalue weighted by atomic mass is 16.6. The fourth-order valence-electron chi connectivity index (χ4n) is 0.873. The average Bonchev–Trinajstić information content (AvgIpc) is 1.96. The number of hydrogen-bond acceptors (Lipinski definition) is 3. The number of hydrogen-bond donors (Lipinski definition) is 1. The molecular formula is C8H14O4. The van der Waals surface area contributed by atoms with E-state index in [0.29, 0.717) is 6.61 Å². The van der Waals surface area contributed by atoms with Crippen LogP contribution in [-0.4, -0.2) is 35.5 Å². The predicted molar refractivity (Wildman–Crippen MR) is 42.0 cm³/mol. The van der Waals surface area contributed by atoms with E-state index < -0.39 is 11.6 Å². The third kappa shape index (κ3) is 1.76. The van der Waals surface area contributed by atoms with Gasteiger partial charge >= 0.3 is 5.97 Å². The lowest BCUT2D eigenvalue weighted by atomic mass is 10.0. The summed E-state index contributed by atoms with van der Waals surface area (Å²) >= 11 is 0. The van der Waals surface area contributed by atoms with Crippen molar-refractivity contribution < 1.29 is 19.4 Å². The Hall–Kier alpha value is -0.610. The molecule has 0 amide bonds. The summed E-state index contributed by atoms with van der Waals surface area (Å²) in [6, 6.07) is 0. The molecule has 0 aromatic heterocycles. The largest absolute Gasteiger partial charge is 0.479 e. The molecule has 1 unspecified atom stereocenters.